The van der Waals surface area contributed by atoms with Gasteiger partial charge in [0.15, 0.2) is 0 Å². The number of carbonyl (C=O) groups is 1. The molecule has 2 aromatic carbocycles. The molecule has 2 aliphatic rings. The van der Waals surface area contributed by atoms with Crippen LogP contribution in [0.1, 0.15) is 25.0 Å². The molecular formula is C20H22N2O. The standard InChI is InChI=1S/C20H22N2O/c1-14-11-16-7-3-5-9-18(16)21(14)13-20(23)22-15(2)12-17-8-4-6-10-19(17)22/h3-10,14-15H,11-13H2,1-2H3. The second-order valence-corrected chi connectivity index (χ2v) is 6.76. The molecule has 2 aromatic rings. The van der Waals surface area contributed by atoms with Crippen molar-refractivity contribution >= 4 is 17.3 Å². The predicted molar refractivity (Wildman–Crippen MR) is 94.0 cm³/mol. The summed E-state index contributed by atoms with van der Waals surface area (Å²) in [7, 11) is 0. The van der Waals surface area contributed by atoms with E-state index in [-0.39, 0.29) is 11.9 Å². The molecule has 0 N–H and O–H groups in total. The Morgan fingerprint density at radius 3 is 2.22 bits per heavy atom. The summed E-state index contributed by atoms with van der Waals surface area (Å²) in [5.74, 6) is 0.200. The molecule has 2 unspecified atom stereocenters. The van der Waals surface area contributed by atoms with Gasteiger partial charge in [0, 0.05) is 23.5 Å². The smallest absolute Gasteiger partial charge is 0.246 e. The molecule has 118 valence electrons. The van der Waals surface area contributed by atoms with Crippen molar-refractivity contribution < 1.29 is 4.79 Å². The molecule has 0 radical (unpaired) electrons. The van der Waals surface area contributed by atoms with E-state index in [1.165, 1.54) is 16.8 Å². The van der Waals surface area contributed by atoms with Crippen LogP contribution in [0.2, 0.25) is 0 Å². The molecule has 0 saturated heterocycles. The van der Waals surface area contributed by atoms with E-state index < -0.39 is 0 Å². The van der Waals surface area contributed by atoms with Gasteiger partial charge in [-0.1, -0.05) is 36.4 Å². The van der Waals surface area contributed by atoms with Crippen LogP contribution >= 0.6 is 0 Å². The van der Waals surface area contributed by atoms with Gasteiger partial charge < -0.3 is 9.80 Å². The van der Waals surface area contributed by atoms with Crippen LogP contribution in [0.25, 0.3) is 0 Å². The first kappa shape index (κ1) is 14.3. The fourth-order valence-corrected chi connectivity index (χ4v) is 4.04. The van der Waals surface area contributed by atoms with Gasteiger partial charge >= 0.3 is 0 Å². The van der Waals surface area contributed by atoms with Crippen molar-refractivity contribution in [2.75, 3.05) is 16.3 Å². The Morgan fingerprint density at radius 1 is 0.913 bits per heavy atom. The van der Waals surface area contributed by atoms with Crippen LogP contribution in [0.15, 0.2) is 48.5 Å². The molecule has 2 aliphatic heterocycles. The second-order valence-electron chi connectivity index (χ2n) is 6.76. The summed E-state index contributed by atoms with van der Waals surface area (Å²) < 4.78 is 0. The SMILES string of the molecule is CC1Cc2ccccc2N1CC(=O)N1c2ccccc2CC1C. The maximum Gasteiger partial charge on any atom is 0.246 e. The van der Waals surface area contributed by atoms with E-state index >= 15 is 0 Å². The highest BCUT2D eigenvalue weighted by Gasteiger charge is 2.34. The molecule has 3 heteroatoms. The molecule has 23 heavy (non-hydrogen) atoms. The number of benzene rings is 2. The lowest BCUT2D eigenvalue weighted by Crippen LogP contribution is -2.44. The number of fused-ring (bicyclic) bond motifs is 2. The fraction of sp³-hybridized carbons (Fsp3) is 0.350. The van der Waals surface area contributed by atoms with Crippen LogP contribution in [0.3, 0.4) is 0 Å². The fourth-order valence-electron chi connectivity index (χ4n) is 4.04. The number of amides is 1. The zero-order chi connectivity index (χ0) is 16.0. The van der Waals surface area contributed by atoms with Crippen LogP contribution in [-0.2, 0) is 17.6 Å². The Kier molecular flexibility index (Phi) is 3.37. The van der Waals surface area contributed by atoms with Crippen LogP contribution in [0.4, 0.5) is 11.4 Å². The van der Waals surface area contributed by atoms with Gasteiger partial charge in [0.25, 0.3) is 0 Å². The molecule has 2 atom stereocenters. The van der Waals surface area contributed by atoms with Crippen LogP contribution in [0.5, 0.6) is 0 Å². The number of hydrogen-bond acceptors (Lipinski definition) is 2. The molecule has 0 spiro atoms. The Labute approximate surface area is 137 Å². The molecule has 0 bridgehead atoms. The van der Waals surface area contributed by atoms with E-state index in [1.807, 2.05) is 11.0 Å². The van der Waals surface area contributed by atoms with E-state index in [4.69, 9.17) is 0 Å². The van der Waals surface area contributed by atoms with Gasteiger partial charge in [0.05, 0.1) is 6.54 Å². The molecule has 0 saturated carbocycles. The highest BCUT2D eigenvalue weighted by atomic mass is 16.2. The first-order valence-electron chi connectivity index (χ1n) is 8.39. The topological polar surface area (TPSA) is 23.6 Å². The summed E-state index contributed by atoms with van der Waals surface area (Å²) in [6.45, 7) is 4.80. The van der Waals surface area contributed by atoms with Gasteiger partial charge in [-0.15, -0.1) is 0 Å². The maximum absolute atomic E-state index is 13.0. The van der Waals surface area contributed by atoms with Gasteiger partial charge in [-0.2, -0.15) is 0 Å². The lowest BCUT2D eigenvalue weighted by atomic mass is 10.1. The van der Waals surface area contributed by atoms with Crippen molar-refractivity contribution in [1.82, 2.24) is 0 Å². The number of carbonyl (C=O) groups excluding carboxylic acids is 1. The monoisotopic (exact) mass is 306 g/mol. The largest absolute Gasteiger partial charge is 0.359 e. The Balaban J connectivity index is 1.59. The quantitative estimate of drug-likeness (QED) is 0.849. The van der Waals surface area contributed by atoms with E-state index in [0.717, 1.165) is 18.5 Å². The van der Waals surface area contributed by atoms with Crippen molar-refractivity contribution in [3.05, 3.63) is 59.7 Å². The Morgan fingerprint density at radius 2 is 1.48 bits per heavy atom. The van der Waals surface area contributed by atoms with Crippen molar-refractivity contribution in [3.63, 3.8) is 0 Å². The summed E-state index contributed by atoms with van der Waals surface area (Å²) >= 11 is 0. The first-order valence-corrected chi connectivity index (χ1v) is 8.39. The molecule has 0 fully saturated rings. The van der Waals surface area contributed by atoms with Crippen LogP contribution < -0.4 is 9.80 Å². The summed E-state index contributed by atoms with van der Waals surface area (Å²) in [6.07, 6.45) is 1.98. The zero-order valence-corrected chi connectivity index (χ0v) is 13.7. The van der Waals surface area contributed by atoms with Gasteiger partial charge in [-0.05, 0) is 49.9 Å². The molecule has 3 nitrogen and oxygen atoms in total. The molecule has 4 rings (SSSR count). The number of nitrogens with zero attached hydrogens (tertiary/aromatic N) is 2. The Bertz CT molecular complexity index is 755. The van der Waals surface area contributed by atoms with E-state index in [1.54, 1.807) is 0 Å². The maximum atomic E-state index is 13.0. The summed E-state index contributed by atoms with van der Waals surface area (Å²) in [6, 6.07) is 17.3. The minimum Gasteiger partial charge on any atom is -0.359 e. The highest BCUT2D eigenvalue weighted by molar-refractivity contribution is 5.99. The Hall–Kier alpha value is -2.29. The van der Waals surface area contributed by atoms with Gasteiger partial charge in [-0.25, -0.2) is 0 Å². The number of rotatable bonds is 2. The van der Waals surface area contributed by atoms with E-state index in [2.05, 4.69) is 61.2 Å². The van der Waals surface area contributed by atoms with E-state index in [9.17, 15) is 4.79 Å². The van der Waals surface area contributed by atoms with Crippen molar-refractivity contribution in [1.29, 1.82) is 0 Å². The molecule has 0 aromatic heterocycles. The normalized spacial score (nSPS) is 22.2. The third-order valence-electron chi connectivity index (χ3n) is 5.13. The highest BCUT2D eigenvalue weighted by Crippen LogP contribution is 2.34. The third-order valence-corrected chi connectivity index (χ3v) is 5.13. The second kappa shape index (κ2) is 5.41. The summed E-state index contributed by atoms with van der Waals surface area (Å²) in [5, 5.41) is 0. The first-order chi connectivity index (χ1) is 11.1. The van der Waals surface area contributed by atoms with Crippen molar-refractivity contribution in [2.24, 2.45) is 0 Å². The molecule has 0 aliphatic carbocycles. The van der Waals surface area contributed by atoms with Gasteiger partial charge in [0.2, 0.25) is 5.91 Å². The minimum atomic E-state index is 0.200. The van der Waals surface area contributed by atoms with Crippen molar-refractivity contribution in [3.8, 4) is 0 Å². The summed E-state index contributed by atoms with van der Waals surface area (Å²) in [5.41, 5.74) is 4.93. The molecule has 2 heterocycles. The average molecular weight is 306 g/mol. The van der Waals surface area contributed by atoms with Crippen molar-refractivity contribution in [2.45, 2.75) is 38.8 Å². The summed E-state index contributed by atoms with van der Waals surface area (Å²) in [4.78, 5) is 17.3. The van der Waals surface area contributed by atoms with E-state index in [0.29, 0.717) is 12.6 Å². The van der Waals surface area contributed by atoms with Crippen LogP contribution in [0, 0.1) is 0 Å². The number of hydrogen-bond donors (Lipinski definition) is 0. The third kappa shape index (κ3) is 2.31. The number of anilines is 2. The average Bonchev–Trinajstić information content (AvgIpc) is 3.04. The van der Waals surface area contributed by atoms with Gasteiger partial charge in [-0.3, -0.25) is 4.79 Å². The molecule has 1 amide bonds. The zero-order valence-electron chi connectivity index (χ0n) is 13.7. The number of para-hydroxylation sites is 2. The van der Waals surface area contributed by atoms with Crippen LogP contribution in [-0.4, -0.2) is 24.5 Å². The van der Waals surface area contributed by atoms with Gasteiger partial charge in [0.1, 0.15) is 0 Å². The lowest BCUT2D eigenvalue weighted by Gasteiger charge is -2.29. The lowest BCUT2D eigenvalue weighted by molar-refractivity contribution is -0.117. The minimum absolute atomic E-state index is 0.200. The predicted octanol–water partition coefficient (Wildman–Crippen LogP) is 3.42. The molecular weight excluding hydrogens is 284 g/mol.